The average Bonchev–Trinajstić information content (AvgIpc) is 2.87. The standard InChI is InChI=1S/C22H24N2O9S/c1-29-15-7-10-18(19(11-15)30-2)23-34(27,28)16-8-5-14(6-9-16)24-13-33-12-17(21(25)31-3)20(24)22(26)32-4/h5-11,23H,12-13H2,1-4H3. The number of hydrogen-bond donors (Lipinski definition) is 1. The lowest BCUT2D eigenvalue weighted by Gasteiger charge is -2.31. The van der Waals surface area contributed by atoms with Crippen molar-refractivity contribution >= 4 is 33.3 Å². The van der Waals surface area contributed by atoms with Crippen molar-refractivity contribution < 1.29 is 41.7 Å². The first-order chi connectivity index (χ1) is 16.2. The molecule has 0 amide bonds. The number of sulfonamides is 1. The van der Waals surface area contributed by atoms with Gasteiger partial charge in [-0.3, -0.25) is 4.72 Å². The van der Waals surface area contributed by atoms with Gasteiger partial charge in [-0.05, 0) is 36.4 Å². The third kappa shape index (κ3) is 5.07. The molecule has 0 radical (unpaired) electrons. The maximum Gasteiger partial charge on any atom is 0.355 e. The first kappa shape index (κ1) is 24.9. The van der Waals surface area contributed by atoms with Crippen molar-refractivity contribution in [2.24, 2.45) is 0 Å². The fourth-order valence-corrected chi connectivity index (χ4v) is 4.31. The highest BCUT2D eigenvalue weighted by atomic mass is 32.2. The van der Waals surface area contributed by atoms with Crippen LogP contribution in [0.25, 0.3) is 0 Å². The van der Waals surface area contributed by atoms with Gasteiger partial charge in [-0.1, -0.05) is 0 Å². The number of esters is 2. The van der Waals surface area contributed by atoms with Gasteiger partial charge in [0.1, 0.15) is 23.9 Å². The van der Waals surface area contributed by atoms with E-state index in [1.165, 1.54) is 63.7 Å². The Bertz CT molecular complexity index is 1210. The summed E-state index contributed by atoms with van der Waals surface area (Å²) >= 11 is 0. The summed E-state index contributed by atoms with van der Waals surface area (Å²) < 4.78 is 53.7. The Morgan fingerprint density at radius 2 is 1.62 bits per heavy atom. The van der Waals surface area contributed by atoms with Crippen LogP contribution in [-0.4, -0.2) is 62.1 Å². The van der Waals surface area contributed by atoms with Gasteiger partial charge in [0.25, 0.3) is 10.0 Å². The van der Waals surface area contributed by atoms with E-state index in [9.17, 15) is 18.0 Å². The minimum Gasteiger partial charge on any atom is -0.497 e. The van der Waals surface area contributed by atoms with Crippen LogP contribution in [0.2, 0.25) is 0 Å². The van der Waals surface area contributed by atoms with Crippen molar-refractivity contribution in [1.82, 2.24) is 0 Å². The molecule has 1 aliphatic heterocycles. The van der Waals surface area contributed by atoms with Crippen LogP contribution in [0.15, 0.2) is 58.6 Å². The second kappa shape index (κ2) is 10.4. The number of carbonyl (C=O) groups excluding carboxylic acids is 2. The molecule has 11 nitrogen and oxygen atoms in total. The van der Waals surface area contributed by atoms with Crippen LogP contribution in [-0.2, 0) is 33.8 Å². The van der Waals surface area contributed by atoms with Gasteiger partial charge in [0, 0.05) is 11.8 Å². The van der Waals surface area contributed by atoms with E-state index < -0.39 is 22.0 Å². The van der Waals surface area contributed by atoms with E-state index in [-0.39, 0.29) is 40.9 Å². The molecule has 0 saturated heterocycles. The Morgan fingerprint density at radius 1 is 0.941 bits per heavy atom. The number of benzene rings is 2. The van der Waals surface area contributed by atoms with E-state index in [1.807, 2.05) is 0 Å². The molecular formula is C22H24N2O9S. The lowest BCUT2D eigenvalue weighted by molar-refractivity contribution is -0.140. The Balaban J connectivity index is 1.92. The summed E-state index contributed by atoms with van der Waals surface area (Å²) in [7, 11) is 1.30. The Labute approximate surface area is 196 Å². The molecule has 1 heterocycles. The van der Waals surface area contributed by atoms with E-state index in [0.717, 1.165) is 0 Å². The van der Waals surface area contributed by atoms with Gasteiger partial charge >= 0.3 is 11.9 Å². The molecule has 0 spiro atoms. The molecule has 12 heteroatoms. The maximum atomic E-state index is 12.9. The number of anilines is 2. The van der Waals surface area contributed by atoms with E-state index in [2.05, 4.69) is 4.72 Å². The van der Waals surface area contributed by atoms with Gasteiger partial charge in [0.15, 0.2) is 0 Å². The number of hydrogen-bond acceptors (Lipinski definition) is 10. The van der Waals surface area contributed by atoms with E-state index in [0.29, 0.717) is 11.4 Å². The van der Waals surface area contributed by atoms with Crippen LogP contribution < -0.4 is 19.1 Å². The molecule has 0 saturated carbocycles. The topological polar surface area (TPSA) is 130 Å². The summed E-state index contributed by atoms with van der Waals surface area (Å²) in [5.74, 6) is -0.697. The van der Waals surface area contributed by atoms with Crippen molar-refractivity contribution in [2.75, 3.05) is 51.4 Å². The van der Waals surface area contributed by atoms with Crippen molar-refractivity contribution in [3.63, 3.8) is 0 Å². The molecule has 1 aliphatic rings. The van der Waals surface area contributed by atoms with Gasteiger partial charge in [0.05, 0.1) is 51.2 Å². The summed E-state index contributed by atoms with van der Waals surface area (Å²) in [4.78, 5) is 25.9. The Hall–Kier alpha value is -3.77. The molecule has 0 aromatic heterocycles. The third-order valence-electron chi connectivity index (χ3n) is 4.94. The van der Waals surface area contributed by atoms with Gasteiger partial charge in [-0.25, -0.2) is 18.0 Å². The van der Waals surface area contributed by atoms with Crippen molar-refractivity contribution in [3.05, 3.63) is 53.7 Å². The molecular weight excluding hydrogens is 468 g/mol. The molecule has 2 aromatic carbocycles. The van der Waals surface area contributed by atoms with Crippen LogP contribution >= 0.6 is 0 Å². The molecule has 3 rings (SSSR count). The first-order valence-corrected chi connectivity index (χ1v) is 11.3. The van der Waals surface area contributed by atoms with Gasteiger partial charge in [-0.15, -0.1) is 0 Å². The Morgan fingerprint density at radius 3 is 2.21 bits per heavy atom. The van der Waals surface area contributed by atoms with Crippen LogP contribution in [0.4, 0.5) is 11.4 Å². The predicted molar refractivity (Wildman–Crippen MR) is 121 cm³/mol. The molecule has 1 N–H and O–H groups in total. The number of rotatable bonds is 8. The minimum atomic E-state index is -3.97. The minimum absolute atomic E-state index is 0.00874. The summed E-state index contributed by atoms with van der Waals surface area (Å²) in [6.45, 7) is -0.188. The van der Waals surface area contributed by atoms with Gasteiger partial charge < -0.3 is 28.6 Å². The normalized spacial score (nSPS) is 13.8. The highest BCUT2D eigenvalue weighted by molar-refractivity contribution is 7.92. The third-order valence-corrected chi connectivity index (χ3v) is 6.33. The van der Waals surface area contributed by atoms with Gasteiger partial charge in [-0.2, -0.15) is 0 Å². The van der Waals surface area contributed by atoms with Crippen LogP contribution in [0.5, 0.6) is 11.5 Å². The largest absolute Gasteiger partial charge is 0.497 e. The van der Waals surface area contributed by atoms with Crippen molar-refractivity contribution in [2.45, 2.75) is 4.90 Å². The smallest absolute Gasteiger partial charge is 0.355 e. The summed E-state index contributed by atoms with van der Waals surface area (Å²) in [6.07, 6.45) is 0. The molecule has 0 fully saturated rings. The van der Waals surface area contributed by atoms with Crippen LogP contribution in [0, 0.1) is 0 Å². The maximum absolute atomic E-state index is 12.9. The van der Waals surface area contributed by atoms with Crippen LogP contribution in [0.1, 0.15) is 0 Å². The molecule has 0 aliphatic carbocycles. The van der Waals surface area contributed by atoms with E-state index in [4.69, 9.17) is 23.7 Å². The zero-order valence-electron chi connectivity index (χ0n) is 19.0. The highest BCUT2D eigenvalue weighted by Gasteiger charge is 2.32. The van der Waals surface area contributed by atoms with Crippen LogP contribution in [0.3, 0.4) is 0 Å². The summed E-state index contributed by atoms with van der Waals surface area (Å²) in [5.41, 5.74) is 0.584. The van der Waals surface area contributed by atoms with Gasteiger partial charge in [0.2, 0.25) is 0 Å². The summed E-state index contributed by atoms with van der Waals surface area (Å²) in [5, 5.41) is 0. The van der Waals surface area contributed by atoms with Crippen molar-refractivity contribution in [3.8, 4) is 11.5 Å². The average molecular weight is 493 g/mol. The molecule has 0 atom stereocenters. The zero-order valence-corrected chi connectivity index (χ0v) is 19.8. The second-order valence-electron chi connectivity index (χ2n) is 6.88. The number of nitrogens with zero attached hydrogens (tertiary/aromatic N) is 1. The number of ether oxygens (including phenoxy) is 5. The predicted octanol–water partition coefficient (Wildman–Crippen LogP) is 1.90. The zero-order chi connectivity index (χ0) is 24.9. The first-order valence-electron chi connectivity index (χ1n) is 9.85. The second-order valence-corrected chi connectivity index (χ2v) is 8.56. The van der Waals surface area contributed by atoms with E-state index >= 15 is 0 Å². The lowest BCUT2D eigenvalue weighted by Crippen LogP contribution is -2.38. The molecule has 0 unspecified atom stereocenters. The highest BCUT2D eigenvalue weighted by Crippen LogP contribution is 2.32. The molecule has 34 heavy (non-hydrogen) atoms. The number of carbonyl (C=O) groups is 2. The van der Waals surface area contributed by atoms with E-state index in [1.54, 1.807) is 12.1 Å². The fourth-order valence-electron chi connectivity index (χ4n) is 3.24. The fraction of sp³-hybridized carbons (Fsp3) is 0.273. The number of nitrogens with one attached hydrogen (secondary N) is 1. The quantitative estimate of drug-likeness (QED) is 0.545. The SMILES string of the molecule is COC(=O)C1=C(C(=O)OC)N(c2ccc(S(=O)(=O)Nc3ccc(OC)cc3OC)cc2)COC1. The number of methoxy groups -OCH3 is 4. The molecule has 0 bridgehead atoms. The lowest BCUT2D eigenvalue weighted by atomic mass is 10.1. The Kier molecular flexibility index (Phi) is 7.64. The summed E-state index contributed by atoms with van der Waals surface area (Å²) in [6, 6.07) is 10.3. The molecule has 2 aromatic rings. The van der Waals surface area contributed by atoms with Crippen molar-refractivity contribution in [1.29, 1.82) is 0 Å². The molecule has 182 valence electrons. The monoisotopic (exact) mass is 492 g/mol.